The van der Waals surface area contributed by atoms with Crippen LogP contribution in [0.25, 0.3) is 0 Å². The predicted octanol–water partition coefficient (Wildman–Crippen LogP) is 4.61. The smallest absolute Gasteiger partial charge is 0.408 e. The van der Waals surface area contributed by atoms with E-state index < -0.39 is 18.0 Å². The molecule has 0 saturated carbocycles. The minimum atomic E-state index is -1.05. The Bertz CT molecular complexity index is 1700. The van der Waals surface area contributed by atoms with Crippen molar-refractivity contribution in [2.45, 2.75) is 38.6 Å². The van der Waals surface area contributed by atoms with Gasteiger partial charge >= 0.3 is 6.09 Å². The second-order valence-corrected chi connectivity index (χ2v) is 11.1. The van der Waals surface area contributed by atoms with Gasteiger partial charge < -0.3 is 30.0 Å². The second-order valence-electron chi connectivity index (χ2n) is 11.1. The zero-order valence-electron chi connectivity index (χ0n) is 26.5. The molecule has 0 radical (unpaired) electrons. The van der Waals surface area contributed by atoms with Crippen LogP contribution >= 0.6 is 0 Å². The van der Waals surface area contributed by atoms with Crippen molar-refractivity contribution in [3.8, 4) is 5.75 Å². The maximum absolute atomic E-state index is 14.1. The molecule has 3 amide bonds. The molecule has 2 heterocycles. The monoisotopic (exact) mass is 646 g/mol. The molecule has 5 aromatic rings. The average Bonchev–Trinajstić information content (AvgIpc) is 3.64. The fourth-order valence-electron chi connectivity index (χ4n) is 4.91. The van der Waals surface area contributed by atoms with Crippen molar-refractivity contribution >= 4 is 17.9 Å². The van der Waals surface area contributed by atoms with E-state index in [0.29, 0.717) is 31.0 Å². The number of ether oxygens (including phenoxy) is 2. The van der Waals surface area contributed by atoms with E-state index in [2.05, 4.69) is 25.6 Å². The van der Waals surface area contributed by atoms with Crippen LogP contribution < -0.4 is 15.4 Å². The molecule has 246 valence electrons. The molecule has 0 spiro atoms. The molecule has 1 atom stereocenters. The van der Waals surface area contributed by atoms with Gasteiger partial charge in [-0.05, 0) is 41.0 Å². The largest absolute Gasteiger partial charge is 0.489 e. The van der Waals surface area contributed by atoms with Gasteiger partial charge in [0.05, 0.1) is 18.6 Å². The van der Waals surface area contributed by atoms with Crippen molar-refractivity contribution in [1.29, 1.82) is 0 Å². The molecule has 5 rings (SSSR count). The molecular weight excluding hydrogens is 608 g/mol. The zero-order chi connectivity index (χ0) is 33.4. The Morgan fingerprint density at radius 1 is 0.771 bits per heavy atom. The summed E-state index contributed by atoms with van der Waals surface area (Å²) in [5, 5.41) is 5.59. The van der Waals surface area contributed by atoms with Crippen LogP contribution in [-0.2, 0) is 46.9 Å². The summed E-state index contributed by atoms with van der Waals surface area (Å²) in [7, 11) is 0. The molecule has 0 fully saturated rings. The normalized spacial score (nSPS) is 11.2. The number of hydrogen-bond donors (Lipinski definition) is 3. The van der Waals surface area contributed by atoms with E-state index >= 15 is 0 Å². The maximum atomic E-state index is 14.1. The summed E-state index contributed by atoms with van der Waals surface area (Å²) in [6, 6.07) is 31.0. The van der Waals surface area contributed by atoms with Gasteiger partial charge in [-0.15, -0.1) is 0 Å². The average molecular weight is 647 g/mol. The number of carbonyl (C=O) groups is 3. The van der Waals surface area contributed by atoms with Crippen LogP contribution in [0.5, 0.6) is 5.75 Å². The Labute approximate surface area is 279 Å². The topological polar surface area (TPSA) is 139 Å². The molecule has 0 unspecified atom stereocenters. The molecule has 3 N–H and O–H groups in total. The van der Waals surface area contributed by atoms with Crippen LogP contribution in [0.2, 0.25) is 0 Å². The molecule has 0 bridgehead atoms. The lowest BCUT2D eigenvalue weighted by Gasteiger charge is -2.27. The standard InChI is InChI=1S/C37H38N6O5/c44-35(40-20-18-31-13-7-8-19-39-31)24-43(23-28-14-16-33(17-15-28)47-25-29-9-3-1-4-10-29)36(45)34(21-32-22-38-27-41-32)42-37(46)48-26-30-11-5-2-6-12-30/h1-17,19,22,27,34H,18,20-21,23-26H2,(H,38,41)(H,40,44)(H,42,46)/t34-/m0/s1. The molecule has 3 aromatic carbocycles. The third-order valence-corrected chi connectivity index (χ3v) is 7.39. The van der Waals surface area contributed by atoms with Crippen LogP contribution in [0.1, 0.15) is 28.1 Å². The lowest BCUT2D eigenvalue weighted by atomic mass is 10.1. The number of imidazole rings is 1. The van der Waals surface area contributed by atoms with Crippen LogP contribution in [-0.4, -0.2) is 56.9 Å². The summed E-state index contributed by atoms with van der Waals surface area (Å²) in [6.45, 7) is 0.696. The maximum Gasteiger partial charge on any atom is 0.408 e. The lowest BCUT2D eigenvalue weighted by molar-refractivity contribution is -0.138. The van der Waals surface area contributed by atoms with E-state index in [-0.39, 0.29) is 32.0 Å². The Morgan fingerprint density at radius 2 is 1.48 bits per heavy atom. The number of pyridine rings is 1. The van der Waals surface area contributed by atoms with Gasteiger partial charge in [-0.25, -0.2) is 9.78 Å². The summed E-state index contributed by atoms with van der Waals surface area (Å²) in [5.74, 6) is -0.127. The Kier molecular flexibility index (Phi) is 12.3. The van der Waals surface area contributed by atoms with E-state index in [4.69, 9.17) is 9.47 Å². The summed E-state index contributed by atoms with van der Waals surface area (Å²) in [6.07, 6.45) is 4.73. The van der Waals surface area contributed by atoms with Gasteiger partial charge in [-0.3, -0.25) is 14.6 Å². The van der Waals surface area contributed by atoms with Gasteiger partial charge in [-0.2, -0.15) is 0 Å². The molecule has 11 nitrogen and oxygen atoms in total. The minimum absolute atomic E-state index is 0.0388. The number of nitrogens with zero attached hydrogens (tertiary/aromatic N) is 3. The lowest BCUT2D eigenvalue weighted by Crippen LogP contribution is -2.52. The number of carbonyl (C=O) groups excluding carboxylic acids is 3. The molecule has 0 aliphatic carbocycles. The van der Waals surface area contributed by atoms with E-state index in [9.17, 15) is 14.4 Å². The first kappa shape index (κ1) is 33.4. The fourth-order valence-corrected chi connectivity index (χ4v) is 4.91. The van der Waals surface area contributed by atoms with Crippen molar-refractivity contribution in [1.82, 2.24) is 30.5 Å². The number of nitrogens with one attached hydrogen (secondary N) is 3. The van der Waals surface area contributed by atoms with Crippen LogP contribution in [0.4, 0.5) is 4.79 Å². The van der Waals surface area contributed by atoms with Gasteiger partial charge in [0, 0.05) is 44.0 Å². The number of aromatic nitrogens is 3. The Hall–Kier alpha value is -5.97. The van der Waals surface area contributed by atoms with Crippen molar-refractivity contribution in [3.63, 3.8) is 0 Å². The van der Waals surface area contributed by atoms with Gasteiger partial charge in [0.15, 0.2) is 0 Å². The van der Waals surface area contributed by atoms with Gasteiger partial charge in [-0.1, -0.05) is 78.9 Å². The van der Waals surface area contributed by atoms with Crippen molar-refractivity contribution in [2.75, 3.05) is 13.1 Å². The zero-order valence-corrected chi connectivity index (χ0v) is 26.5. The first-order chi connectivity index (χ1) is 23.5. The summed E-state index contributed by atoms with van der Waals surface area (Å²) >= 11 is 0. The highest BCUT2D eigenvalue weighted by Crippen LogP contribution is 2.17. The van der Waals surface area contributed by atoms with E-state index in [1.807, 2.05) is 103 Å². The molecule has 0 aliphatic heterocycles. The number of amides is 3. The van der Waals surface area contributed by atoms with E-state index in [1.54, 1.807) is 12.4 Å². The first-order valence-electron chi connectivity index (χ1n) is 15.7. The predicted molar refractivity (Wildman–Crippen MR) is 179 cm³/mol. The number of H-pyrrole nitrogens is 1. The number of hydrogen-bond acceptors (Lipinski definition) is 7. The molecule has 0 aliphatic rings. The van der Waals surface area contributed by atoms with Gasteiger partial charge in [0.25, 0.3) is 0 Å². The van der Waals surface area contributed by atoms with Crippen LogP contribution in [0.3, 0.4) is 0 Å². The highest BCUT2D eigenvalue weighted by atomic mass is 16.5. The van der Waals surface area contributed by atoms with E-state index in [1.165, 1.54) is 11.2 Å². The molecular formula is C37H38N6O5. The number of aromatic amines is 1. The van der Waals surface area contributed by atoms with Crippen molar-refractivity contribution in [3.05, 3.63) is 150 Å². The Morgan fingerprint density at radius 3 is 2.15 bits per heavy atom. The van der Waals surface area contributed by atoms with Gasteiger partial charge in [0.2, 0.25) is 11.8 Å². The van der Waals surface area contributed by atoms with Crippen LogP contribution in [0, 0.1) is 0 Å². The third kappa shape index (κ3) is 10.8. The Balaban J connectivity index is 1.28. The quantitative estimate of drug-likeness (QED) is 0.142. The first-order valence-corrected chi connectivity index (χ1v) is 15.7. The summed E-state index contributed by atoms with van der Waals surface area (Å²) in [5.41, 5.74) is 4.05. The number of alkyl carbamates (subject to hydrolysis) is 1. The number of benzene rings is 3. The molecule has 11 heteroatoms. The van der Waals surface area contributed by atoms with Crippen molar-refractivity contribution in [2.24, 2.45) is 0 Å². The highest BCUT2D eigenvalue weighted by Gasteiger charge is 2.29. The molecule has 48 heavy (non-hydrogen) atoms. The second kappa shape index (κ2) is 17.7. The highest BCUT2D eigenvalue weighted by molar-refractivity contribution is 5.89. The molecule has 2 aromatic heterocycles. The minimum Gasteiger partial charge on any atom is -0.489 e. The third-order valence-electron chi connectivity index (χ3n) is 7.39. The fraction of sp³-hybridized carbons (Fsp3) is 0.216. The van der Waals surface area contributed by atoms with Crippen molar-refractivity contribution < 1.29 is 23.9 Å². The number of rotatable bonds is 16. The van der Waals surface area contributed by atoms with Crippen LogP contribution in [0.15, 0.2) is 122 Å². The summed E-state index contributed by atoms with van der Waals surface area (Å²) < 4.78 is 11.3. The molecule has 0 saturated heterocycles. The summed E-state index contributed by atoms with van der Waals surface area (Å²) in [4.78, 5) is 53.0. The van der Waals surface area contributed by atoms with E-state index in [0.717, 1.165) is 22.4 Å². The van der Waals surface area contributed by atoms with Gasteiger partial charge in [0.1, 0.15) is 25.0 Å². The SMILES string of the molecule is O=C(CN(Cc1ccc(OCc2ccccc2)cc1)C(=O)[C@H](Cc1c[nH]cn1)NC(=O)OCc1ccccc1)NCCc1ccccn1.